The van der Waals surface area contributed by atoms with Gasteiger partial charge in [0.1, 0.15) is 13.2 Å². The molecule has 8 nitrogen and oxygen atoms in total. The number of amides is 1. The molecule has 0 atom stereocenters. The number of H-pyrrole nitrogens is 1. The Morgan fingerprint density at radius 2 is 2.00 bits per heavy atom. The highest BCUT2D eigenvalue weighted by atomic mass is 35.5. The lowest BCUT2D eigenvalue weighted by Gasteiger charge is -2.12. The maximum absolute atomic E-state index is 15.1. The number of ether oxygens (including phenoxy) is 2. The number of rotatable bonds is 8. The normalized spacial score (nSPS) is 10.8. The molecule has 0 bridgehead atoms. The second kappa shape index (κ2) is 9.63. The van der Waals surface area contributed by atoms with Crippen LogP contribution in [0.25, 0.3) is 11.0 Å². The van der Waals surface area contributed by atoms with Crippen molar-refractivity contribution in [3.05, 3.63) is 76.7 Å². The van der Waals surface area contributed by atoms with Crippen LogP contribution < -0.4 is 14.8 Å². The SMILES string of the molecule is O=C(Nc1cnc2[nH]nc(OCCO)c2c1)c1c(Cl)ccc(OCc2ccccc2)c1F. The average molecular weight is 457 g/mol. The molecule has 0 aliphatic carbocycles. The van der Waals surface area contributed by atoms with E-state index in [1.165, 1.54) is 18.3 Å². The number of benzene rings is 2. The minimum Gasteiger partial charge on any atom is -0.486 e. The van der Waals surface area contributed by atoms with Gasteiger partial charge in [0.2, 0.25) is 5.88 Å². The summed E-state index contributed by atoms with van der Waals surface area (Å²) in [6.07, 6.45) is 1.38. The Labute approximate surface area is 187 Å². The molecule has 0 radical (unpaired) electrons. The second-order valence-corrected chi connectivity index (χ2v) is 7.09. The van der Waals surface area contributed by atoms with Gasteiger partial charge in [0, 0.05) is 0 Å². The molecule has 1 amide bonds. The number of anilines is 1. The lowest BCUT2D eigenvalue weighted by atomic mass is 10.1. The van der Waals surface area contributed by atoms with E-state index in [1.807, 2.05) is 30.3 Å². The number of nitrogens with zero attached hydrogens (tertiary/aromatic N) is 2. The van der Waals surface area contributed by atoms with Crippen molar-refractivity contribution in [2.75, 3.05) is 18.5 Å². The molecule has 2 aromatic heterocycles. The standard InChI is InChI=1S/C22H18ClFN4O4/c23-16-6-7-17(32-12-13-4-2-1-3-5-13)19(24)18(16)21(30)26-14-10-15-20(25-11-14)27-28-22(15)31-9-8-29/h1-7,10-11,29H,8-9,12H2,(H,26,30)(H,25,27,28). The monoisotopic (exact) mass is 456 g/mol. The first-order chi connectivity index (χ1) is 15.6. The van der Waals surface area contributed by atoms with Crippen LogP contribution in [0, 0.1) is 5.82 Å². The third kappa shape index (κ3) is 4.63. The molecule has 0 saturated heterocycles. The topological polar surface area (TPSA) is 109 Å². The van der Waals surface area contributed by atoms with E-state index in [1.54, 1.807) is 6.07 Å². The number of hydrogen-bond donors (Lipinski definition) is 3. The van der Waals surface area contributed by atoms with Gasteiger partial charge in [-0.25, -0.2) is 9.37 Å². The highest BCUT2D eigenvalue weighted by molar-refractivity contribution is 6.34. The molecule has 0 spiro atoms. The van der Waals surface area contributed by atoms with Crippen molar-refractivity contribution in [1.29, 1.82) is 0 Å². The molecule has 0 saturated carbocycles. The largest absolute Gasteiger partial charge is 0.486 e. The number of fused-ring (bicyclic) bond motifs is 1. The van der Waals surface area contributed by atoms with Crippen LogP contribution >= 0.6 is 11.6 Å². The minimum absolute atomic E-state index is 0.0487. The molecule has 164 valence electrons. The Kier molecular flexibility index (Phi) is 6.48. The third-order valence-corrected chi connectivity index (χ3v) is 4.80. The molecule has 4 rings (SSSR count). The van der Waals surface area contributed by atoms with Crippen LogP contribution in [0.2, 0.25) is 5.02 Å². The molecule has 0 aliphatic heterocycles. The van der Waals surface area contributed by atoms with Crippen molar-refractivity contribution in [2.24, 2.45) is 0 Å². The molecule has 4 aromatic rings. The van der Waals surface area contributed by atoms with Gasteiger partial charge in [-0.1, -0.05) is 41.9 Å². The number of aliphatic hydroxyl groups is 1. The number of aromatic amines is 1. The lowest BCUT2D eigenvalue weighted by Crippen LogP contribution is -2.15. The van der Waals surface area contributed by atoms with Gasteiger partial charge in [-0.3, -0.25) is 9.89 Å². The van der Waals surface area contributed by atoms with Gasteiger partial charge in [-0.05, 0) is 23.8 Å². The van der Waals surface area contributed by atoms with Crippen molar-refractivity contribution in [1.82, 2.24) is 15.2 Å². The summed E-state index contributed by atoms with van der Waals surface area (Å²) in [5.74, 6) is -1.50. The number of hydrogen-bond acceptors (Lipinski definition) is 6. The van der Waals surface area contributed by atoms with Crippen LogP contribution in [-0.4, -0.2) is 39.4 Å². The Morgan fingerprint density at radius 1 is 1.19 bits per heavy atom. The summed E-state index contributed by atoms with van der Waals surface area (Å²) in [5, 5.41) is 18.6. The number of carbonyl (C=O) groups excluding carboxylic acids is 1. The second-order valence-electron chi connectivity index (χ2n) is 6.68. The maximum Gasteiger partial charge on any atom is 0.260 e. The van der Waals surface area contributed by atoms with E-state index in [4.69, 9.17) is 26.2 Å². The van der Waals surface area contributed by atoms with E-state index in [-0.39, 0.29) is 47.7 Å². The van der Waals surface area contributed by atoms with Crippen LogP contribution in [-0.2, 0) is 6.61 Å². The molecule has 0 unspecified atom stereocenters. The van der Waals surface area contributed by atoms with Crippen LogP contribution in [0.1, 0.15) is 15.9 Å². The molecular weight excluding hydrogens is 439 g/mol. The summed E-state index contributed by atoms with van der Waals surface area (Å²) < 4.78 is 25.9. The van der Waals surface area contributed by atoms with Crippen LogP contribution in [0.3, 0.4) is 0 Å². The predicted molar refractivity (Wildman–Crippen MR) is 117 cm³/mol. The number of pyridine rings is 1. The number of aliphatic hydroxyl groups excluding tert-OH is 1. The molecule has 2 aromatic carbocycles. The fraction of sp³-hybridized carbons (Fsp3) is 0.136. The fourth-order valence-corrected chi connectivity index (χ4v) is 3.22. The summed E-state index contributed by atoms with van der Waals surface area (Å²) in [7, 11) is 0. The van der Waals surface area contributed by atoms with Gasteiger partial charge in [0.15, 0.2) is 17.2 Å². The number of halogens is 2. The van der Waals surface area contributed by atoms with Gasteiger partial charge >= 0.3 is 0 Å². The zero-order valence-electron chi connectivity index (χ0n) is 16.6. The summed E-state index contributed by atoms with van der Waals surface area (Å²) >= 11 is 6.11. The van der Waals surface area contributed by atoms with Crippen molar-refractivity contribution < 1.29 is 23.8 Å². The highest BCUT2D eigenvalue weighted by Crippen LogP contribution is 2.30. The minimum atomic E-state index is -0.866. The van der Waals surface area contributed by atoms with Gasteiger partial charge in [-0.15, -0.1) is 5.10 Å². The Morgan fingerprint density at radius 3 is 2.78 bits per heavy atom. The molecule has 10 heteroatoms. The average Bonchev–Trinajstić information content (AvgIpc) is 3.20. The van der Waals surface area contributed by atoms with Crippen LogP contribution in [0.5, 0.6) is 11.6 Å². The Hall–Kier alpha value is -3.69. The first-order valence-corrected chi connectivity index (χ1v) is 9.98. The summed E-state index contributed by atoms with van der Waals surface area (Å²) in [5.41, 5.74) is 1.22. The maximum atomic E-state index is 15.1. The first kappa shape index (κ1) is 21.5. The smallest absolute Gasteiger partial charge is 0.260 e. The van der Waals surface area contributed by atoms with E-state index in [9.17, 15) is 4.79 Å². The van der Waals surface area contributed by atoms with Crippen molar-refractivity contribution in [3.63, 3.8) is 0 Å². The van der Waals surface area contributed by atoms with Crippen molar-refractivity contribution in [2.45, 2.75) is 6.61 Å². The van der Waals surface area contributed by atoms with Crippen molar-refractivity contribution >= 4 is 34.2 Å². The number of carbonyl (C=O) groups is 1. The zero-order chi connectivity index (χ0) is 22.5. The lowest BCUT2D eigenvalue weighted by molar-refractivity contribution is 0.102. The van der Waals surface area contributed by atoms with E-state index in [0.717, 1.165) is 5.56 Å². The van der Waals surface area contributed by atoms with Crippen LogP contribution in [0.4, 0.5) is 10.1 Å². The molecule has 0 aliphatic rings. The Bertz CT molecular complexity index is 1250. The molecule has 0 fully saturated rings. The fourth-order valence-electron chi connectivity index (χ4n) is 2.98. The summed E-state index contributed by atoms with van der Waals surface area (Å²) in [6.45, 7) is 0.00392. The first-order valence-electron chi connectivity index (χ1n) is 9.60. The van der Waals surface area contributed by atoms with Gasteiger partial charge in [0.05, 0.1) is 34.5 Å². The molecule has 32 heavy (non-hydrogen) atoms. The zero-order valence-corrected chi connectivity index (χ0v) is 17.4. The van der Waals surface area contributed by atoms with Crippen LogP contribution in [0.15, 0.2) is 54.7 Å². The number of aromatic nitrogens is 3. The van der Waals surface area contributed by atoms with E-state index < -0.39 is 11.7 Å². The van der Waals surface area contributed by atoms with Crippen molar-refractivity contribution in [3.8, 4) is 11.6 Å². The molecular formula is C22H18ClFN4O4. The molecule has 2 heterocycles. The summed E-state index contributed by atoms with van der Waals surface area (Å²) in [6, 6.07) is 13.6. The molecule has 3 N–H and O–H groups in total. The quantitative estimate of drug-likeness (QED) is 0.370. The van der Waals surface area contributed by atoms with Gasteiger partial charge in [-0.2, -0.15) is 0 Å². The predicted octanol–water partition coefficient (Wildman–Crippen LogP) is 3.95. The summed E-state index contributed by atoms with van der Waals surface area (Å²) in [4.78, 5) is 17.0. The van der Waals surface area contributed by atoms with E-state index in [0.29, 0.717) is 11.0 Å². The Balaban J connectivity index is 1.55. The highest BCUT2D eigenvalue weighted by Gasteiger charge is 2.21. The number of nitrogens with one attached hydrogen (secondary N) is 2. The van der Waals surface area contributed by atoms with Gasteiger partial charge in [0.25, 0.3) is 5.91 Å². The van der Waals surface area contributed by atoms with E-state index in [2.05, 4.69) is 20.5 Å². The van der Waals surface area contributed by atoms with E-state index >= 15 is 4.39 Å². The third-order valence-electron chi connectivity index (χ3n) is 4.49. The van der Waals surface area contributed by atoms with Gasteiger partial charge < -0.3 is 19.9 Å².